The molecule has 0 fully saturated rings. The molecule has 0 spiro atoms. The number of aliphatic hydroxyl groups excluding tert-OH is 1. The molecule has 1 aromatic rings. The molecule has 0 aromatic heterocycles. The van der Waals surface area contributed by atoms with Crippen LogP contribution in [0.4, 0.5) is 5.69 Å². The fraction of sp³-hybridized carbons (Fsp3) is 0.571. The largest absolute Gasteiger partial charge is 0.396 e. The zero-order valence-electron chi connectivity index (χ0n) is 10.6. The topological polar surface area (TPSA) is 32.3 Å². The molecule has 0 radical (unpaired) electrons. The van der Waals surface area contributed by atoms with Crippen LogP contribution in [-0.2, 0) is 6.42 Å². The highest BCUT2D eigenvalue weighted by Gasteiger charge is 2.15. The molecule has 0 saturated heterocycles. The number of anilines is 1. The van der Waals surface area contributed by atoms with Crippen molar-refractivity contribution in [2.24, 2.45) is 5.41 Å². The lowest BCUT2D eigenvalue weighted by atomic mass is 9.95. The second kappa shape index (κ2) is 5.90. The Hall–Kier alpha value is -1.02. The van der Waals surface area contributed by atoms with Gasteiger partial charge in [0.25, 0.3) is 0 Å². The van der Waals surface area contributed by atoms with Gasteiger partial charge in [-0.2, -0.15) is 0 Å². The minimum absolute atomic E-state index is 0.0674. The molecule has 0 bridgehead atoms. The number of hydrogen-bond acceptors (Lipinski definition) is 2. The van der Waals surface area contributed by atoms with E-state index in [4.69, 9.17) is 5.11 Å². The molecule has 0 aliphatic rings. The SMILES string of the molecule is CCCc1ccc(NCC(C)(C)CO)cc1. The van der Waals surface area contributed by atoms with Gasteiger partial charge in [0.1, 0.15) is 0 Å². The van der Waals surface area contributed by atoms with Crippen LogP contribution in [0.3, 0.4) is 0 Å². The van der Waals surface area contributed by atoms with Crippen molar-refractivity contribution in [1.82, 2.24) is 0 Å². The van der Waals surface area contributed by atoms with E-state index < -0.39 is 0 Å². The monoisotopic (exact) mass is 221 g/mol. The van der Waals surface area contributed by atoms with E-state index in [2.05, 4.69) is 36.5 Å². The summed E-state index contributed by atoms with van der Waals surface area (Å²) in [7, 11) is 0. The second-order valence-electron chi connectivity index (χ2n) is 5.12. The molecule has 1 aromatic carbocycles. The van der Waals surface area contributed by atoms with Crippen LogP contribution in [-0.4, -0.2) is 18.3 Å². The van der Waals surface area contributed by atoms with Gasteiger partial charge < -0.3 is 10.4 Å². The highest BCUT2D eigenvalue weighted by atomic mass is 16.3. The zero-order valence-corrected chi connectivity index (χ0v) is 10.6. The van der Waals surface area contributed by atoms with Gasteiger partial charge in [-0.05, 0) is 24.1 Å². The molecule has 0 heterocycles. The Morgan fingerprint density at radius 1 is 1.19 bits per heavy atom. The molecule has 2 heteroatoms. The van der Waals surface area contributed by atoms with Gasteiger partial charge in [0, 0.05) is 24.3 Å². The molecular weight excluding hydrogens is 198 g/mol. The van der Waals surface area contributed by atoms with E-state index in [0.29, 0.717) is 0 Å². The van der Waals surface area contributed by atoms with Crippen LogP contribution >= 0.6 is 0 Å². The number of nitrogens with one attached hydrogen (secondary N) is 1. The summed E-state index contributed by atoms with van der Waals surface area (Å²) in [5.41, 5.74) is 2.44. The smallest absolute Gasteiger partial charge is 0.0498 e. The third-order valence-electron chi connectivity index (χ3n) is 2.69. The minimum atomic E-state index is -0.0674. The third kappa shape index (κ3) is 4.23. The Balaban J connectivity index is 2.49. The van der Waals surface area contributed by atoms with Crippen molar-refractivity contribution in [3.8, 4) is 0 Å². The summed E-state index contributed by atoms with van der Waals surface area (Å²) in [4.78, 5) is 0. The summed E-state index contributed by atoms with van der Waals surface area (Å²) in [6, 6.07) is 8.55. The van der Waals surface area contributed by atoms with Gasteiger partial charge >= 0.3 is 0 Å². The third-order valence-corrected chi connectivity index (χ3v) is 2.69. The first-order chi connectivity index (χ1) is 7.57. The number of rotatable bonds is 6. The molecule has 0 aliphatic carbocycles. The molecule has 16 heavy (non-hydrogen) atoms. The molecule has 0 amide bonds. The Kier molecular flexibility index (Phi) is 4.81. The standard InChI is InChI=1S/C14H23NO/c1-4-5-12-6-8-13(9-7-12)15-10-14(2,3)11-16/h6-9,15-16H,4-5,10-11H2,1-3H3. The van der Waals surface area contributed by atoms with Gasteiger partial charge in [-0.1, -0.05) is 39.3 Å². The molecule has 0 unspecified atom stereocenters. The Morgan fingerprint density at radius 2 is 1.81 bits per heavy atom. The second-order valence-corrected chi connectivity index (χ2v) is 5.12. The van der Waals surface area contributed by atoms with E-state index in [-0.39, 0.29) is 12.0 Å². The highest BCUT2D eigenvalue weighted by Crippen LogP contribution is 2.16. The predicted molar refractivity (Wildman–Crippen MR) is 69.8 cm³/mol. The van der Waals surface area contributed by atoms with E-state index in [1.165, 1.54) is 12.0 Å². The van der Waals surface area contributed by atoms with Gasteiger partial charge in [0.2, 0.25) is 0 Å². The van der Waals surface area contributed by atoms with Crippen LogP contribution < -0.4 is 5.32 Å². The first-order valence-corrected chi connectivity index (χ1v) is 6.01. The summed E-state index contributed by atoms with van der Waals surface area (Å²) >= 11 is 0. The van der Waals surface area contributed by atoms with Gasteiger partial charge in [-0.3, -0.25) is 0 Å². The molecular formula is C14H23NO. The summed E-state index contributed by atoms with van der Waals surface area (Å²) in [6.45, 7) is 7.28. The van der Waals surface area contributed by atoms with E-state index >= 15 is 0 Å². The maximum atomic E-state index is 9.15. The van der Waals surface area contributed by atoms with E-state index in [9.17, 15) is 0 Å². The maximum Gasteiger partial charge on any atom is 0.0498 e. The Labute approximate surface area is 98.7 Å². The molecule has 1 rings (SSSR count). The summed E-state index contributed by atoms with van der Waals surface area (Å²) in [5.74, 6) is 0. The molecule has 0 atom stereocenters. The molecule has 0 aliphatic heterocycles. The summed E-state index contributed by atoms with van der Waals surface area (Å²) in [6.07, 6.45) is 2.33. The Bertz CT molecular complexity index is 303. The van der Waals surface area contributed by atoms with Crippen molar-refractivity contribution in [2.75, 3.05) is 18.5 Å². The molecule has 2 nitrogen and oxygen atoms in total. The quantitative estimate of drug-likeness (QED) is 0.773. The average molecular weight is 221 g/mol. The van der Waals surface area contributed by atoms with Crippen molar-refractivity contribution in [1.29, 1.82) is 0 Å². The first-order valence-electron chi connectivity index (χ1n) is 6.01. The summed E-state index contributed by atoms with van der Waals surface area (Å²) < 4.78 is 0. The molecule has 0 saturated carbocycles. The van der Waals surface area contributed by atoms with Crippen molar-refractivity contribution in [3.05, 3.63) is 29.8 Å². The van der Waals surface area contributed by atoms with E-state index in [0.717, 1.165) is 18.7 Å². The lowest BCUT2D eigenvalue weighted by Crippen LogP contribution is -2.26. The fourth-order valence-corrected chi connectivity index (χ4v) is 1.48. The van der Waals surface area contributed by atoms with Crippen molar-refractivity contribution in [2.45, 2.75) is 33.6 Å². The van der Waals surface area contributed by atoms with Crippen LogP contribution in [0.5, 0.6) is 0 Å². The highest BCUT2D eigenvalue weighted by molar-refractivity contribution is 5.44. The maximum absolute atomic E-state index is 9.15. The average Bonchev–Trinajstić information content (AvgIpc) is 2.29. The normalized spacial score (nSPS) is 11.5. The van der Waals surface area contributed by atoms with Crippen LogP contribution in [0.2, 0.25) is 0 Å². The van der Waals surface area contributed by atoms with Crippen LogP contribution in [0.25, 0.3) is 0 Å². The molecule has 90 valence electrons. The van der Waals surface area contributed by atoms with E-state index in [1.54, 1.807) is 0 Å². The number of hydrogen-bond donors (Lipinski definition) is 2. The zero-order chi connectivity index (χ0) is 12.0. The van der Waals surface area contributed by atoms with Crippen LogP contribution in [0.15, 0.2) is 24.3 Å². The first kappa shape index (κ1) is 13.0. The van der Waals surface area contributed by atoms with Crippen LogP contribution in [0, 0.1) is 5.41 Å². The Morgan fingerprint density at radius 3 is 2.31 bits per heavy atom. The van der Waals surface area contributed by atoms with Crippen molar-refractivity contribution in [3.63, 3.8) is 0 Å². The van der Waals surface area contributed by atoms with Gasteiger partial charge in [0.05, 0.1) is 0 Å². The lowest BCUT2D eigenvalue weighted by Gasteiger charge is -2.22. The van der Waals surface area contributed by atoms with Crippen LogP contribution in [0.1, 0.15) is 32.8 Å². The lowest BCUT2D eigenvalue weighted by molar-refractivity contribution is 0.171. The van der Waals surface area contributed by atoms with Gasteiger partial charge in [-0.15, -0.1) is 0 Å². The van der Waals surface area contributed by atoms with Crippen molar-refractivity contribution < 1.29 is 5.11 Å². The number of aliphatic hydroxyl groups is 1. The fourth-order valence-electron chi connectivity index (χ4n) is 1.48. The van der Waals surface area contributed by atoms with Gasteiger partial charge in [-0.25, -0.2) is 0 Å². The number of aryl methyl sites for hydroxylation is 1. The van der Waals surface area contributed by atoms with Crippen molar-refractivity contribution >= 4 is 5.69 Å². The van der Waals surface area contributed by atoms with Gasteiger partial charge in [0.15, 0.2) is 0 Å². The minimum Gasteiger partial charge on any atom is -0.396 e. The predicted octanol–water partition coefficient (Wildman–Crippen LogP) is 3.07. The molecule has 2 N–H and O–H groups in total. The number of benzene rings is 1. The summed E-state index contributed by atoms with van der Waals surface area (Å²) in [5, 5.41) is 12.5. The van der Waals surface area contributed by atoms with E-state index in [1.807, 2.05) is 13.8 Å².